The second-order valence-electron chi connectivity index (χ2n) is 2.85. The summed E-state index contributed by atoms with van der Waals surface area (Å²) in [5.41, 5.74) is 1.90. The minimum Gasteiger partial charge on any atom is -0.256 e. The van der Waals surface area contributed by atoms with Crippen LogP contribution in [-0.2, 0) is 0 Å². The molecule has 0 aliphatic carbocycles. The lowest BCUT2D eigenvalue weighted by molar-refractivity contribution is 0.896. The van der Waals surface area contributed by atoms with Crippen LogP contribution < -0.4 is 0 Å². The minimum absolute atomic E-state index is 0.913. The lowest BCUT2D eigenvalue weighted by atomic mass is 10.2. The highest BCUT2D eigenvalue weighted by Gasteiger charge is 2.01. The number of fused-ring (bicyclic) bond motifs is 3. The Balaban J connectivity index is 2.65. The van der Waals surface area contributed by atoms with Crippen molar-refractivity contribution < 1.29 is 0 Å². The van der Waals surface area contributed by atoms with Gasteiger partial charge in [-0.1, -0.05) is 0 Å². The average Bonchev–Trinajstić information content (AvgIpc) is 2.65. The lowest BCUT2D eigenvalue weighted by Gasteiger charge is -1.95. The molecular formula is C9H6N4. The smallest absolute Gasteiger partial charge is 0.0946 e. The van der Waals surface area contributed by atoms with Gasteiger partial charge in [-0.15, -0.1) is 0 Å². The van der Waals surface area contributed by atoms with E-state index in [2.05, 4.69) is 20.4 Å². The first-order valence-corrected chi connectivity index (χ1v) is 3.98. The molecule has 3 rings (SSSR count). The first-order valence-electron chi connectivity index (χ1n) is 3.98. The molecule has 1 N–H and O–H groups in total. The normalized spacial score (nSPS) is 11.1. The third-order valence-electron chi connectivity index (χ3n) is 2.12. The zero-order valence-corrected chi connectivity index (χ0v) is 6.73. The summed E-state index contributed by atoms with van der Waals surface area (Å²) < 4.78 is 0. The zero-order valence-electron chi connectivity index (χ0n) is 6.73. The van der Waals surface area contributed by atoms with E-state index in [4.69, 9.17) is 0 Å². The van der Waals surface area contributed by atoms with Crippen LogP contribution in [0.4, 0.5) is 0 Å². The van der Waals surface area contributed by atoms with E-state index in [0.717, 1.165) is 21.8 Å². The van der Waals surface area contributed by atoms with E-state index >= 15 is 0 Å². The van der Waals surface area contributed by atoms with Crippen LogP contribution in [0.2, 0.25) is 0 Å². The highest BCUT2D eigenvalue weighted by molar-refractivity contribution is 6.04. The third kappa shape index (κ3) is 0.823. The molecular weight excluding hydrogens is 164 g/mol. The number of hydrogen-bond acceptors (Lipinski definition) is 3. The fourth-order valence-corrected chi connectivity index (χ4v) is 1.50. The molecule has 62 valence electrons. The molecule has 0 atom stereocenters. The van der Waals surface area contributed by atoms with Crippen LogP contribution in [0.3, 0.4) is 0 Å². The van der Waals surface area contributed by atoms with E-state index in [0.29, 0.717) is 0 Å². The van der Waals surface area contributed by atoms with Gasteiger partial charge in [0.2, 0.25) is 0 Å². The van der Waals surface area contributed by atoms with Gasteiger partial charge in [-0.05, 0) is 18.2 Å². The number of aromatic nitrogens is 4. The SMILES string of the molecule is c1cc2c(ccc3n[nH]ncc32)n1. The van der Waals surface area contributed by atoms with Crippen molar-refractivity contribution in [1.82, 2.24) is 20.4 Å². The van der Waals surface area contributed by atoms with Crippen molar-refractivity contribution in [3.8, 4) is 0 Å². The summed E-state index contributed by atoms with van der Waals surface area (Å²) in [6.45, 7) is 0. The van der Waals surface area contributed by atoms with Crippen LogP contribution in [0, 0.1) is 0 Å². The van der Waals surface area contributed by atoms with Crippen molar-refractivity contribution in [2.24, 2.45) is 0 Å². The molecule has 0 aliphatic rings. The molecule has 0 bridgehead atoms. The standard InChI is InChI=1S/C9H6N4/c1-2-9-7(5-11-13-12-9)6-3-4-10-8(1)6/h1-5,13H. The lowest BCUT2D eigenvalue weighted by Crippen LogP contribution is -1.86. The summed E-state index contributed by atoms with van der Waals surface area (Å²) in [5.74, 6) is 0. The Morgan fingerprint density at radius 3 is 2.92 bits per heavy atom. The molecule has 0 saturated carbocycles. The van der Waals surface area contributed by atoms with Crippen molar-refractivity contribution in [3.05, 3.63) is 30.6 Å². The van der Waals surface area contributed by atoms with Crippen molar-refractivity contribution >= 4 is 21.8 Å². The van der Waals surface area contributed by atoms with E-state index in [9.17, 15) is 0 Å². The van der Waals surface area contributed by atoms with Crippen LogP contribution in [0.1, 0.15) is 0 Å². The quantitative estimate of drug-likeness (QED) is 0.556. The third-order valence-corrected chi connectivity index (χ3v) is 2.12. The Morgan fingerprint density at radius 2 is 1.92 bits per heavy atom. The van der Waals surface area contributed by atoms with Gasteiger partial charge in [0.1, 0.15) is 0 Å². The van der Waals surface area contributed by atoms with Gasteiger partial charge < -0.3 is 0 Å². The maximum Gasteiger partial charge on any atom is 0.0946 e. The number of benzene rings is 1. The van der Waals surface area contributed by atoms with Crippen LogP contribution in [0.15, 0.2) is 30.6 Å². The molecule has 0 saturated heterocycles. The topological polar surface area (TPSA) is 54.5 Å². The Morgan fingerprint density at radius 1 is 1.00 bits per heavy atom. The Labute approximate surface area is 73.6 Å². The largest absolute Gasteiger partial charge is 0.256 e. The highest BCUT2D eigenvalue weighted by Crippen LogP contribution is 2.21. The van der Waals surface area contributed by atoms with E-state index < -0.39 is 0 Å². The van der Waals surface area contributed by atoms with Gasteiger partial charge in [0.15, 0.2) is 0 Å². The zero-order chi connectivity index (χ0) is 8.67. The maximum atomic E-state index is 4.20. The predicted octanol–water partition coefficient (Wildman–Crippen LogP) is 1.51. The minimum atomic E-state index is 0.913. The van der Waals surface area contributed by atoms with Gasteiger partial charge in [0, 0.05) is 17.0 Å². The highest BCUT2D eigenvalue weighted by atomic mass is 15.3. The van der Waals surface area contributed by atoms with Crippen molar-refractivity contribution in [3.63, 3.8) is 0 Å². The van der Waals surface area contributed by atoms with Crippen molar-refractivity contribution in [1.29, 1.82) is 0 Å². The number of nitrogens with one attached hydrogen (secondary N) is 1. The van der Waals surface area contributed by atoms with Gasteiger partial charge in [-0.25, -0.2) is 0 Å². The first-order chi connectivity index (χ1) is 6.45. The second kappa shape index (κ2) is 2.26. The molecule has 2 aromatic heterocycles. The molecule has 0 unspecified atom stereocenters. The molecule has 2 heterocycles. The fraction of sp³-hybridized carbons (Fsp3) is 0. The Bertz CT molecular complexity index is 570. The summed E-state index contributed by atoms with van der Waals surface area (Å²) in [6.07, 6.45) is 3.56. The van der Waals surface area contributed by atoms with Crippen molar-refractivity contribution in [2.75, 3.05) is 0 Å². The summed E-state index contributed by atoms with van der Waals surface area (Å²) in [7, 11) is 0. The molecule has 0 fully saturated rings. The van der Waals surface area contributed by atoms with E-state index in [1.807, 2.05) is 18.2 Å². The van der Waals surface area contributed by atoms with Crippen LogP contribution >= 0.6 is 0 Å². The molecule has 3 aromatic rings. The fourth-order valence-electron chi connectivity index (χ4n) is 1.50. The molecule has 0 aliphatic heterocycles. The second-order valence-corrected chi connectivity index (χ2v) is 2.85. The van der Waals surface area contributed by atoms with E-state index in [-0.39, 0.29) is 0 Å². The number of nitrogens with zero attached hydrogens (tertiary/aromatic N) is 3. The summed E-state index contributed by atoms with van der Waals surface area (Å²) >= 11 is 0. The predicted molar refractivity (Wildman–Crippen MR) is 49.2 cm³/mol. The maximum absolute atomic E-state index is 4.20. The molecule has 4 heteroatoms. The molecule has 1 aromatic carbocycles. The first kappa shape index (κ1) is 6.54. The van der Waals surface area contributed by atoms with E-state index in [1.54, 1.807) is 12.4 Å². The molecule has 0 spiro atoms. The Kier molecular flexibility index (Phi) is 1.14. The summed E-state index contributed by atoms with van der Waals surface area (Å²) in [6, 6.07) is 5.86. The molecule has 0 radical (unpaired) electrons. The van der Waals surface area contributed by atoms with Crippen LogP contribution in [0.5, 0.6) is 0 Å². The Hall–Kier alpha value is -1.97. The number of rotatable bonds is 0. The van der Waals surface area contributed by atoms with Gasteiger partial charge in [0.25, 0.3) is 0 Å². The molecule has 0 amide bonds. The van der Waals surface area contributed by atoms with Gasteiger partial charge >= 0.3 is 0 Å². The summed E-state index contributed by atoms with van der Waals surface area (Å²) in [4.78, 5) is 4.20. The summed E-state index contributed by atoms with van der Waals surface area (Å²) in [5, 5.41) is 12.6. The number of aromatic amines is 1. The van der Waals surface area contributed by atoms with Gasteiger partial charge in [-0.3, -0.25) is 4.98 Å². The monoisotopic (exact) mass is 170 g/mol. The van der Waals surface area contributed by atoms with Gasteiger partial charge in [0.05, 0.1) is 17.2 Å². The van der Waals surface area contributed by atoms with Crippen LogP contribution in [0.25, 0.3) is 21.8 Å². The average molecular weight is 170 g/mol. The molecule has 4 nitrogen and oxygen atoms in total. The van der Waals surface area contributed by atoms with Crippen LogP contribution in [-0.4, -0.2) is 20.4 Å². The molecule has 13 heavy (non-hydrogen) atoms. The van der Waals surface area contributed by atoms with Crippen molar-refractivity contribution in [2.45, 2.75) is 0 Å². The van der Waals surface area contributed by atoms with Gasteiger partial charge in [-0.2, -0.15) is 15.4 Å². The van der Waals surface area contributed by atoms with E-state index in [1.165, 1.54) is 0 Å². The number of hydrogen-bond donors (Lipinski definition) is 1. The number of H-pyrrole nitrogens is 1.